The van der Waals surface area contributed by atoms with E-state index >= 15 is 0 Å². The monoisotopic (exact) mass is 446 g/mol. The van der Waals surface area contributed by atoms with Crippen LogP contribution >= 0.6 is 0 Å². The second-order valence-corrected chi connectivity index (χ2v) is 7.18. The molecule has 2 amide bonds. The molecule has 1 aliphatic rings. The van der Waals surface area contributed by atoms with Crippen LogP contribution in [0.1, 0.15) is 19.4 Å². The molecule has 1 N–H and O–H groups in total. The van der Waals surface area contributed by atoms with Crippen molar-refractivity contribution in [2.24, 2.45) is 0 Å². The first kappa shape index (κ1) is 22.1. The topological polar surface area (TPSA) is 67.9 Å². The zero-order chi connectivity index (χ0) is 23.4. The number of benzene rings is 3. The van der Waals surface area contributed by atoms with Gasteiger partial charge in [-0.25, -0.2) is 9.29 Å². The summed E-state index contributed by atoms with van der Waals surface area (Å²) < 4.78 is 24.6. The minimum atomic E-state index is -0.540. The highest BCUT2D eigenvalue weighted by Crippen LogP contribution is 2.36. The van der Waals surface area contributed by atoms with Gasteiger partial charge in [0.1, 0.15) is 23.0 Å². The number of halogens is 1. The number of hydrogen-bond acceptors (Lipinski definition) is 5. The second-order valence-electron chi connectivity index (χ2n) is 7.18. The molecule has 1 aliphatic heterocycles. The van der Waals surface area contributed by atoms with Gasteiger partial charge in [-0.05, 0) is 67.9 Å². The Labute approximate surface area is 191 Å². The molecule has 0 saturated heterocycles. The summed E-state index contributed by atoms with van der Waals surface area (Å²) in [5.41, 5.74) is 1.71. The Morgan fingerprint density at radius 3 is 2.15 bits per heavy atom. The average Bonchev–Trinajstić information content (AvgIpc) is 3.06. The van der Waals surface area contributed by atoms with E-state index in [2.05, 4.69) is 5.32 Å². The lowest BCUT2D eigenvalue weighted by molar-refractivity contribution is -0.120. The number of carbonyl (C=O) groups excluding carboxylic acids is 2. The van der Waals surface area contributed by atoms with Crippen LogP contribution in [-0.4, -0.2) is 25.0 Å². The van der Waals surface area contributed by atoms with Crippen LogP contribution in [0.3, 0.4) is 0 Å². The van der Waals surface area contributed by atoms with Gasteiger partial charge in [0.25, 0.3) is 11.8 Å². The molecule has 0 aromatic heterocycles. The molecule has 0 spiro atoms. The van der Waals surface area contributed by atoms with Gasteiger partial charge in [-0.2, -0.15) is 0 Å². The molecular weight excluding hydrogens is 423 g/mol. The first-order valence-corrected chi connectivity index (χ1v) is 10.6. The molecule has 1 heterocycles. The molecule has 0 saturated carbocycles. The smallest absolute Gasteiger partial charge is 0.282 e. The Kier molecular flexibility index (Phi) is 6.40. The van der Waals surface area contributed by atoms with Crippen molar-refractivity contribution in [1.29, 1.82) is 0 Å². The van der Waals surface area contributed by atoms with E-state index in [0.717, 1.165) is 4.90 Å². The molecule has 0 radical (unpaired) electrons. The molecule has 3 aromatic carbocycles. The molecule has 168 valence electrons. The lowest BCUT2D eigenvalue weighted by Gasteiger charge is -2.16. The van der Waals surface area contributed by atoms with E-state index in [-0.39, 0.29) is 17.0 Å². The minimum Gasteiger partial charge on any atom is -0.494 e. The van der Waals surface area contributed by atoms with Gasteiger partial charge in [0, 0.05) is 0 Å². The third-order valence-electron chi connectivity index (χ3n) is 5.07. The molecular formula is C26H23FN2O4. The number of carbonyl (C=O) groups is 2. The summed E-state index contributed by atoms with van der Waals surface area (Å²) in [7, 11) is 0. The number of rotatable bonds is 8. The number of nitrogens with one attached hydrogen (secondary N) is 1. The van der Waals surface area contributed by atoms with Crippen LogP contribution in [0.2, 0.25) is 0 Å². The van der Waals surface area contributed by atoms with Crippen molar-refractivity contribution in [2.45, 2.75) is 13.8 Å². The molecule has 0 atom stereocenters. The highest BCUT2D eigenvalue weighted by molar-refractivity contribution is 6.46. The van der Waals surface area contributed by atoms with Crippen LogP contribution in [0.15, 0.2) is 78.5 Å². The van der Waals surface area contributed by atoms with Gasteiger partial charge < -0.3 is 14.8 Å². The number of amides is 2. The minimum absolute atomic E-state index is 0.112. The van der Waals surface area contributed by atoms with Crippen molar-refractivity contribution in [3.8, 4) is 11.5 Å². The molecule has 7 heteroatoms. The van der Waals surface area contributed by atoms with Crippen LogP contribution in [-0.2, 0) is 9.59 Å². The fraction of sp³-hybridized carbons (Fsp3) is 0.154. The lowest BCUT2D eigenvalue weighted by atomic mass is 10.0. The Morgan fingerprint density at radius 1 is 0.818 bits per heavy atom. The number of nitrogens with zero attached hydrogens (tertiary/aromatic N) is 1. The predicted molar refractivity (Wildman–Crippen MR) is 125 cm³/mol. The summed E-state index contributed by atoms with van der Waals surface area (Å²) in [6, 6.07) is 19.4. The Hall–Kier alpha value is -4.13. The van der Waals surface area contributed by atoms with E-state index in [1.54, 1.807) is 42.5 Å². The maximum absolute atomic E-state index is 13.5. The molecule has 0 unspecified atom stereocenters. The van der Waals surface area contributed by atoms with E-state index in [9.17, 15) is 14.0 Å². The van der Waals surface area contributed by atoms with Gasteiger partial charge in [-0.15, -0.1) is 0 Å². The highest BCUT2D eigenvalue weighted by Gasteiger charge is 2.40. The normalized spacial score (nSPS) is 13.5. The first-order valence-electron chi connectivity index (χ1n) is 10.6. The van der Waals surface area contributed by atoms with Crippen LogP contribution in [0.25, 0.3) is 5.57 Å². The molecule has 4 rings (SSSR count). The first-order chi connectivity index (χ1) is 16.0. The summed E-state index contributed by atoms with van der Waals surface area (Å²) in [6.07, 6.45) is 0. The van der Waals surface area contributed by atoms with Crippen molar-refractivity contribution < 1.29 is 23.5 Å². The zero-order valence-electron chi connectivity index (χ0n) is 18.3. The van der Waals surface area contributed by atoms with E-state index < -0.39 is 17.6 Å². The maximum atomic E-state index is 13.5. The van der Waals surface area contributed by atoms with E-state index in [0.29, 0.717) is 36.0 Å². The second kappa shape index (κ2) is 9.56. The molecule has 0 bridgehead atoms. The van der Waals surface area contributed by atoms with Crippen LogP contribution in [0, 0.1) is 5.82 Å². The van der Waals surface area contributed by atoms with Crippen molar-refractivity contribution in [2.75, 3.05) is 23.4 Å². The van der Waals surface area contributed by atoms with Crippen molar-refractivity contribution in [3.63, 3.8) is 0 Å². The average molecular weight is 446 g/mol. The number of hydrogen-bond donors (Lipinski definition) is 1. The standard InChI is InChI=1S/C26H23FN2O4/c1-3-32-20-15-9-17(10-16-20)23-24(28-21-7-5-6-8-22(21)33-4-2)26(31)29(25(23)30)19-13-11-18(27)12-14-19/h5-16,28H,3-4H2,1-2H3. The SMILES string of the molecule is CCOc1ccc(C2=C(Nc3ccccc3OCC)C(=O)N(c3ccc(F)cc3)C2=O)cc1. The summed E-state index contributed by atoms with van der Waals surface area (Å²) in [5, 5.41) is 3.11. The molecule has 0 aliphatic carbocycles. The van der Waals surface area contributed by atoms with Gasteiger partial charge in [0.15, 0.2) is 0 Å². The van der Waals surface area contributed by atoms with Gasteiger partial charge in [-0.1, -0.05) is 24.3 Å². The third-order valence-corrected chi connectivity index (χ3v) is 5.07. The molecule has 3 aromatic rings. The fourth-order valence-corrected chi connectivity index (χ4v) is 3.61. The Morgan fingerprint density at radius 2 is 1.48 bits per heavy atom. The molecule has 33 heavy (non-hydrogen) atoms. The van der Waals surface area contributed by atoms with Crippen molar-refractivity contribution >= 4 is 28.8 Å². The zero-order valence-corrected chi connectivity index (χ0v) is 18.3. The van der Waals surface area contributed by atoms with E-state index in [1.807, 2.05) is 19.9 Å². The third kappa shape index (κ3) is 4.43. The van der Waals surface area contributed by atoms with Gasteiger partial charge in [0.05, 0.1) is 30.2 Å². The molecule has 0 fully saturated rings. The maximum Gasteiger partial charge on any atom is 0.282 e. The lowest BCUT2D eigenvalue weighted by Crippen LogP contribution is -2.32. The van der Waals surface area contributed by atoms with E-state index in [4.69, 9.17) is 9.47 Å². The summed E-state index contributed by atoms with van der Waals surface area (Å²) >= 11 is 0. The number of ether oxygens (including phenoxy) is 2. The number of imide groups is 1. The number of para-hydroxylation sites is 2. The van der Waals surface area contributed by atoms with Crippen molar-refractivity contribution in [1.82, 2.24) is 0 Å². The summed E-state index contributed by atoms with van der Waals surface area (Å²) in [5.74, 6) is -0.292. The van der Waals surface area contributed by atoms with Gasteiger partial charge in [-0.3, -0.25) is 9.59 Å². The Bertz CT molecular complexity index is 1200. The van der Waals surface area contributed by atoms with Crippen LogP contribution in [0.5, 0.6) is 11.5 Å². The van der Waals surface area contributed by atoms with Crippen LogP contribution in [0.4, 0.5) is 15.8 Å². The number of anilines is 2. The van der Waals surface area contributed by atoms with Crippen LogP contribution < -0.4 is 19.7 Å². The largest absolute Gasteiger partial charge is 0.494 e. The predicted octanol–water partition coefficient (Wildman–Crippen LogP) is 5.02. The van der Waals surface area contributed by atoms with Gasteiger partial charge >= 0.3 is 0 Å². The summed E-state index contributed by atoms with van der Waals surface area (Å²) in [6.45, 7) is 4.70. The quantitative estimate of drug-likeness (QED) is 0.492. The van der Waals surface area contributed by atoms with Gasteiger partial charge in [0.2, 0.25) is 0 Å². The summed E-state index contributed by atoms with van der Waals surface area (Å²) in [4.78, 5) is 28.0. The Balaban J connectivity index is 1.80. The molecule has 6 nitrogen and oxygen atoms in total. The fourth-order valence-electron chi connectivity index (χ4n) is 3.61. The van der Waals surface area contributed by atoms with Crippen molar-refractivity contribution in [3.05, 3.63) is 89.9 Å². The van der Waals surface area contributed by atoms with E-state index in [1.165, 1.54) is 24.3 Å². The highest BCUT2D eigenvalue weighted by atomic mass is 19.1.